The van der Waals surface area contributed by atoms with Crippen LogP contribution in [0.2, 0.25) is 0 Å². The van der Waals surface area contributed by atoms with Gasteiger partial charge >= 0.3 is 0 Å². The normalized spacial score (nSPS) is 19.9. The summed E-state index contributed by atoms with van der Waals surface area (Å²) in [5.74, 6) is -0.0968. The number of aromatic nitrogens is 1. The molecule has 7 nitrogen and oxygen atoms in total. The first-order chi connectivity index (χ1) is 16.1. The summed E-state index contributed by atoms with van der Waals surface area (Å²) in [6.07, 6.45) is 7.12. The van der Waals surface area contributed by atoms with E-state index >= 15 is 0 Å². The molecule has 1 N–H and O–H groups in total. The first-order valence-corrected chi connectivity index (χ1v) is 11.1. The smallest absolute Gasteiger partial charge is 0.278 e. The summed E-state index contributed by atoms with van der Waals surface area (Å²) >= 11 is 0. The Morgan fingerprint density at radius 2 is 1.76 bits per heavy atom. The number of amides is 1. The zero-order valence-electron chi connectivity index (χ0n) is 18.0. The molecule has 7 heteroatoms. The van der Waals surface area contributed by atoms with Crippen LogP contribution in [0.15, 0.2) is 71.7 Å². The molecule has 3 aliphatic rings. The third-order valence-corrected chi connectivity index (χ3v) is 6.70. The van der Waals surface area contributed by atoms with Crippen molar-refractivity contribution in [2.24, 2.45) is 0 Å². The van der Waals surface area contributed by atoms with E-state index in [-0.39, 0.29) is 17.6 Å². The van der Waals surface area contributed by atoms with E-state index in [0.29, 0.717) is 19.8 Å². The topological polar surface area (TPSA) is 75.0 Å². The summed E-state index contributed by atoms with van der Waals surface area (Å²) in [6, 6.07) is 15.5. The number of hydrogen-bond donors (Lipinski definition) is 1. The fourth-order valence-corrected chi connectivity index (χ4v) is 5.15. The van der Waals surface area contributed by atoms with Gasteiger partial charge in [-0.15, -0.1) is 0 Å². The molecule has 0 radical (unpaired) electrons. The average Bonchev–Trinajstić information content (AvgIpc) is 3.01. The van der Waals surface area contributed by atoms with Crippen molar-refractivity contribution in [3.63, 3.8) is 0 Å². The largest absolute Gasteiger partial charge is 0.502 e. The molecule has 0 saturated heterocycles. The molecule has 0 fully saturated rings. The molecular weight excluding hydrogens is 418 g/mol. The van der Waals surface area contributed by atoms with Crippen LogP contribution in [0, 0.1) is 0 Å². The third kappa shape index (κ3) is 3.03. The summed E-state index contributed by atoms with van der Waals surface area (Å²) in [6.45, 7) is 1.03. The first kappa shape index (κ1) is 19.7. The number of benzene rings is 2. The van der Waals surface area contributed by atoms with Crippen molar-refractivity contribution >= 4 is 5.91 Å². The van der Waals surface area contributed by atoms with Crippen molar-refractivity contribution in [3.05, 3.63) is 105 Å². The van der Waals surface area contributed by atoms with Crippen LogP contribution in [0.5, 0.6) is 11.5 Å². The Bertz CT molecular complexity index is 1360. The van der Waals surface area contributed by atoms with Crippen molar-refractivity contribution in [2.75, 3.05) is 24.8 Å². The van der Waals surface area contributed by atoms with E-state index in [9.17, 15) is 14.7 Å². The summed E-state index contributed by atoms with van der Waals surface area (Å²) < 4.78 is 7.86. The van der Waals surface area contributed by atoms with Gasteiger partial charge in [-0.1, -0.05) is 42.5 Å². The highest BCUT2D eigenvalue weighted by molar-refractivity contribution is 5.96. The minimum absolute atomic E-state index is 0.0110. The molecule has 1 amide bonds. The van der Waals surface area contributed by atoms with Crippen LogP contribution in [-0.2, 0) is 12.8 Å². The van der Waals surface area contributed by atoms with Crippen LogP contribution in [-0.4, -0.2) is 40.4 Å². The van der Waals surface area contributed by atoms with Gasteiger partial charge in [0.05, 0.1) is 0 Å². The van der Waals surface area contributed by atoms with Crippen molar-refractivity contribution in [3.8, 4) is 11.5 Å². The molecule has 2 aliphatic heterocycles. The highest BCUT2D eigenvalue weighted by Gasteiger charge is 2.39. The molecule has 166 valence electrons. The van der Waals surface area contributed by atoms with Gasteiger partial charge in [0.2, 0.25) is 5.43 Å². The lowest BCUT2D eigenvalue weighted by molar-refractivity contribution is 0.0701. The van der Waals surface area contributed by atoms with Gasteiger partial charge < -0.3 is 14.7 Å². The lowest BCUT2D eigenvalue weighted by Crippen LogP contribution is -2.55. The number of pyridine rings is 1. The number of carbonyl (C=O) groups excluding carboxylic acids is 1. The second-order valence-electron chi connectivity index (χ2n) is 8.54. The van der Waals surface area contributed by atoms with Crippen LogP contribution in [0.25, 0.3) is 0 Å². The van der Waals surface area contributed by atoms with E-state index in [1.807, 2.05) is 41.4 Å². The maximum Gasteiger partial charge on any atom is 0.278 e. The lowest BCUT2D eigenvalue weighted by atomic mass is 9.93. The molecule has 3 heterocycles. The van der Waals surface area contributed by atoms with Gasteiger partial charge in [0.1, 0.15) is 25.1 Å². The van der Waals surface area contributed by atoms with E-state index < -0.39 is 11.2 Å². The molecular formula is C26H23N3O4. The Balaban J connectivity index is 1.68. The maximum atomic E-state index is 13.3. The Labute approximate surface area is 190 Å². The average molecular weight is 441 g/mol. The van der Waals surface area contributed by atoms with E-state index in [1.165, 1.54) is 17.2 Å². The number of nitrogens with zero attached hydrogens (tertiary/aromatic N) is 3. The Hall–Kier alpha value is -4.00. The van der Waals surface area contributed by atoms with Gasteiger partial charge in [0, 0.05) is 24.4 Å². The number of rotatable bonds is 0. The molecule has 1 aliphatic carbocycles. The van der Waals surface area contributed by atoms with Gasteiger partial charge in [-0.2, -0.15) is 0 Å². The highest BCUT2D eigenvalue weighted by Crippen LogP contribution is 2.42. The van der Waals surface area contributed by atoms with Gasteiger partial charge in [0.15, 0.2) is 11.4 Å². The van der Waals surface area contributed by atoms with Crippen molar-refractivity contribution in [2.45, 2.75) is 18.9 Å². The third-order valence-electron chi connectivity index (χ3n) is 6.70. The Morgan fingerprint density at radius 1 is 0.939 bits per heavy atom. The lowest BCUT2D eigenvalue weighted by Gasteiger charge is -2.44. The standard InChI is InChI=1S/C26H23N3O4/c30-20-12-14-28-24(25(20)31)26(32)27-13-3-4-15-33-21-9-5-7-18-11-10-17-6-1-2-8-19(17)23(22(18)21)29(28)16-27/h1-9,12,14,23,31H,10-11,13,15-16H2/b4-3-/t23-/m1/s1. The Kier molecular flexibility index (Phi) is 4.50. The van der Waals surface area contributed by atoms with E-state index in [1.54, 1.807) is 15.8 Å². The van der Waals surface area contributed by atoms with Crippen LogP contribution >= 0.6 is 0 Å². The van der Waals surface area contributed by atoms with Gasteiger partial charge in [-0.3, -0.25) is 19.3 Å². The summed E-state index contributed by atoms with van der Waals surface area (Å²) in [7, 11) is 0. The van der Waals surface area contributed by atoms with Crippen molar-refractivity contribution in [1.29, 1.82) is 0 Å². The predicted octanol–water partition coefficient (Wildman–Crippen LogP) is 2.74. The molecule has 0 unspecified atom stereocenters. The molecule has 33 heavy (non-hydrogen) atoms. The zero-order chi connectivity index (χ0) is 22.5. The van der Waals surface area contributed by atoms with Gasteiger partial charge in [-0.05, 0) is 41.7 Å². The molecule has 0 spiro atoms. The molecule has 3 aromatic rings. The number of aryl methyl sites for hydroxylation is 2. The fraction of sp³-hybridized carbons (Fsp3) is 0.231. The van der Waals surface area contributed by atoms with Crippen LogP contribution in [0.4, 0.5) is 0 Å². The quantitative estimate of drug-likeness (QED) is 0.543. The second kappa shape index (κ2) is 7.55. The number of ether oxygens (including phenoxy) is 1. The highest BCUT2D eigenvalue weighted by atomic mass is 16.5. The zero-order valence-corrected chi connectivity index (χ0v) is 18.0. The number of hydrogen-bond acceptors (Lipinski definition) is 5. The van der Waals surface area contributed by atoms with Crippen LogP contribution < -0.4 is 15.2 Å². The minimum atomic E-state index is -0.568. The number of fused-ring (bicyclic) bond motifs is 7. The summed E-state index contributed by atoms with van der Waals surface area (Å²) in [5.41, 5.74) is 4.01. The SMILES string of the molecule is O=C1c2c(O)c(=O)ccn2N2CN1C/C=C\COc1cccc3c1[C@H]2c1ccccc1CC3. The van der Waals surface area contributed by atoms with Crippen molar-refractivity contribution < 1.29 is 14.6 Å². The molecule has 6 rings (SSSR count). The van der Waals surface area contributed by atoms with E-state index in [0.717, 1.165) is 29.7 Å². The van der Waals surface area contributed by atoms with Gasteiger partial charge in [-0.25, -0.2) is 0 Å². The molecule has 1 aromatic heterocycles. The van der Waals surface area contributed by atoms with Crippen molar-refractivity contribution in [1.82, 2.24) is 9.58 Å². The summed E-state index contributed by atoms with van der Waals surface area (Å²) in [5, 5.41) is 12.7. The minimum Gasteiger partial charge on any atom is -0.502 e. The predicted molar refractivity (Wildman–Crippen MR) is 123 cm³/mol. The van der Waals surface area contributed by atoms with Gasteiger partial charge in [0.25, 0.3) is 5.91 Å². The number of aromatic hydroxyl groups is 1. The van der Waals surface area contributed by atoms with E-state index in [2.05, 4.69) is 18.2 Å². The fourth-order valence-electron chi connectivity index (χ4n) is 5.15. The molecule has 0 saturated carbocycles. The molecule has 2 aromatic carbocycles. The number of carbonyl (C=O) groups is 1. The van der Waals surface area contributed by atoms with Crippen LogP contribution in [0.3, 0.4) is 0 Å². The molecule has 1 atom stereocenters. The first-order valence-electron chi connectivity index (χ1n) is 11.1. The maximum absolute atomic E-state index is 13.3. The second-order valence-corrected chi connectivity index (χ2v) is 8.54. The monoisotopic (exact) mass is 441 g/mol. The summed E-state index contributed by atoms with van der Waals surface area (Å²) in [4.78, 5) is 27.2. The van der Waals surface area contributed by atoms with E-state index in [4.69, 9.17) is 4.74 Å². The molecule has 2 bridgehead atoms. The van der Waals surface area contributed by atoms with Crippen LogP contribution in [0.1, 0.15) is 38.8 Å². The Morgan fingerprint density at radius 3 is 2.67 bits per heavy atom.